The van der Waals surface area contributed by atoms with Crippen LogP contribution in [0.1, 0.15) is 19.3 Å². The number of anilines is 1. The van der Waals surface area contributed by atoms with Crippen LogP contribution in [0.4, 0.5) is 5.69 Å². The second-order valence-electron chi connectivity index (χ2n) is 5.71. The molecule has 1 aromatic rings. The molecule has 118 valence electrons. The smallest absolute Gasteiger partial charge is 0.283 e. The monoisotopic (exact) mass is 357 g/mol. The van der Waals surface area contributed by atoms with Crippen LogP contribution < -0.4 is 16.2 Å². The van der Waals surface area contributed by atoms with E-state index < -0.39 is 0 Å². The van der Waals surface area contributed by atoms with Crippen molar-refractivity contribution in [3.63, 3.8) is 0 Å². The van der Waals surface area contributed by atoms with Gasteiger partial charge in [-0.05, 0) is 55.8 Å². The highest BCUT2D eigenvalue weighted by molar-refractivity contribution is 9.10. The summed E-state index contributed by atoms with van der Waals surface area (Å²) in [6.45, 7) is 3.35. The first-order valence-corrected chi connectivity index (χ1v) is 8.25. The fourth-order valence-electron chi connectivity index (χ4n) is 2.43. The molecule has 0 unspecified atom stereocenters. The van der Waals surface area contributed by atoms with Gasteiger partial charge in [0, 0.05) is 19.1 Å². The van der Waals surface area contributed by atoms with Crippen LogP contribution in [0.15, 0.2) is 15.5 Å². The lowest BCUT2D eigenvalue weighted by Crippen LogP contribution is -2.30. The SMILES string of the molecule is CN(C)CCn1ncc(NCC[C@H]2CCCN2)c(Br)c1=O. The molecule has 0 amide bonds. The van der Waals surface area contributed by atoms with E-state index in [4.69, 9.17) is 0 Å². The zero-order valence-corrected chi connectivity index (χ0v) is 14.3. The zero-order valence-electron chi connectivity index (χ0n) is 12.7. The number of halogens is 1. The standard InChI is InChI=1S/C14H24BrN5O/c1-19(2)8-9-20-14(21)13(15)12(10-18-20)17-7-5-11-4-3-6-16-11/h10-11,16-17H,3-9H2,1-2H3/t11-/m1/s1. The van der Waals surface area contributed by atoms with E-state index in [1.807, 2.05) is 19.0 Å². The molecule has 1 fully saturated rings. The highest BCUT2D eigenvalue weighted by atomic mass is 79.9. The van der Waals surface area contributed by atoms with Crippen LogP contribution in [-0.2, 0) is 6.54 Å². The Morgan fingerprint density at radius 3 is 3.05 bits per heavy atom. The van der Waals surface area contributed by atoms with Gasteiger partial charge in [-0.25, -0.2) is 4.68 Å². The van der Waals surface area contributed by atoms with Gasteiger partial charge in [-0.3, -0.25) is 4.79 Å². The molecule has 1 aliphatic rings. The molecule has 0 spiro atoms. The van der Waals surface area contributed by atoms with Gasteiger partial charge in [-0.2, -0.15) is 5.10 Å². The van der Waals surface area contributed by atoms with Gasteiger partial charge in [-0.1, -0.05) is 0 Å². The van der Waals surface area contributed by atoms with Crippen molar-refractivity contribution >= 4 is 21.6 Å². The van der Waals surface area contributed by atoms with Crippen LogP contribution in [0.2, 0.25) is 0 Å². The lowest BCUT2D eigenvalue weighted by atomic mass is 10.1. The molecule has 0 aromatic carbocycles. The second-order valence-corrected chi connectivity index (χ2v) is 6.51. The number of hydrogen-bond acceptors (Lipinski definition) is 5. The van der Waals surface area contributed by atoms with E-state index in [1.54, 1.807) is 6.20 Å². The summed E-state index contributed by atoms with van der Waals surface area (Å²) in [5.41, 5.74) is 0.694. The molecule has 7 heteroatoms. The van der Waals surface area contributed by atoms with E-state index in [0.29, 0.717) is 17.1 Å². The van der Waals surface area contributed by atoms with Crippen LogP contribution in [0.25, 0.3) is 0 Å². The van der Waals surface area contributed by atoms with Crippen LogP contribution in [0.3, 0.4) is 0 Å². The Balaban J connectivity index is 1.91. The molecule has 0 radical (unpaired) electrons. The first-order chi connectivity index (χ1) is 10.1. The van der Waals surface area contributed by atoms with Crippen LogP contribution >= 0.6 is 15.9 Å². The number of aromatic nitrogens is 2. The lowest BCUT2D eigenvalue weighted by molar-refractivity contribution is 0.367. The Morgan fingerprint density at radius 2 is 2.38 bits per heavy atom. The average Bonchev–Trinajstić information content (AvgIpc) is 2.95. The van der Waals surface area contributed by atoms with Crippen molar-refractivity contribution < 1.29 is 0 Å². The maximum absolute atomic E-state index is 12.2. The Bertz CT molecular complexity index is 511. The van der Waals surface area contributed by atoms with Crippen molar-refractivity contribution in [1.29, 1.82) is 0 Å². The van der Waals surface area contributed by atoms with Gasteiger partial charge in [-0.15, -0.1) is 0 Å². The second kappa shape index (κ2) is 7.91. The summed E-state index contributed by atoms with van der Waals surface area (Å²) in [5.74, 6) is 0. The van der Waals surface area contributed by atoms with Gasteiger partial charge >= 0.3 is 0 Å². The average molecular weight is 358 g/mol. The third-order valence-electron chi connectivity index (χ3n) is 3.71. The minimum atomic E-state index is -0.0826. The Labute approximate surface area is 134 Å². The van der Waals surface area contributed by atoms with Gasteiger partial charge in [0.05, 0.1) is 18.4 Å². The molecular formula is C14H24BrN5O. The molecule has 6 nitrogen and oxygen atoms in total. The van der Waals surface area contributed by atoms with Gasteiger partial charge in [0.1, 0.15) is 4.47 Å². The summed E-state index contributed by atoms with van der Waals surface area (Å²) >= 11 is 3.39. The summed E-state index contributed by atoms with van der Waals surface area (Å²) in [6.07, 6.45) is 5.30. The van der Waals surface area contributed by atoms with Crippen LogP contribution in [-0.4, -0.2) is 54.5 Å². The van der Waals surface area contributed by atoms with Crippen molar-refractivity contribution in [2.24, 2.45) is 0 Å². The van der Waals surface area contributed by atoms with Crippen molar-refractivity contribution in [2.75, 3.05) is 39.0 Å². The molecule has 1 aliphatic heterocycles. The lowest BCUT2D eigenvalue weighted by Gasteiger charge is -2.14. The molecule has 21 heavy (non-hydrogen) atoms. The first kappa shape index (κ1) is 16.5. The summed E-state index contributed by atoms with van der Waals surface area (Å²) < 4.78 is 2.06. The van der Waals surface area contributed by atoms with E-state index in [9.17, 15) is 4.79 Å². The molecule has 0 saturated carbocycles. The van der Waals surface area contributed by atoms with Crippen LogP contribution in [0, 0.1) is 0 Å². The largest absolute Gasteiger partial charge is 0.383 e. The highest BCUT2D eigenvalue weighted by Gasteiger charge is 2.14. The molecular weight excluding hydrogens is 334 g/mol. The van der Waals surface area contributed by atoms with Gasteiger partial charge in [0.25, 0.3) is 5.56 Å². The van der Waals surface area contributed by atoms with E-state index in [1.165, 1.54) is 17.5 Å². The van der Waals surface area contributed by atoms with Crippen molar-refractivity contribution in [3.05, 3.63) is 21.0 Å². The molecule has 1 atom stereocenters. The Morgan fingerprint density at radius 1 is 1.57 bits per heavy atom. The number of nitrogens with zero attached hydrogens (tertiary/aromatic N) is 3. The molecule has 2 heterocycles. The number of hydrogen-bond donors (Lipinski definition) is 2. The summed E-state index contributed by atoms with van der Waals surface area (Å²) in [5, 5.41) is 11.0. The van der Waals surface area contributed by atoms with E-state index >= 15 is 0 Å². The topological polar surface area (TPSA) is 62.2 Å². The number of nitrogens with one attached hydrogen (secondary N) is 2. The van der Waals surface area contributed by atoms with E-state index in [0.717, 1.165) is 31.7 Å². The third kappa shape index (κ3) is 4.79. The first-order valence-electron chi connectivity index (χ1n) is 7.45. The highest BCUT2D eigenvalue weighted by Crippen LogP contribution is 2.17. The molecule has 0 aliphatic carbocycles. The van der Waals surface area contributed by atoms with Crippen LogP contribution in [0.5, 0.6) is 0 Å². The zero-order chi connectivity index (χ0) is 15.2. The Kier molecular flexibility index (Phi) is 6.20. The predicted octanol–water partition coefficient (Wildman–Crippen LogP) is 1.12. The van der Waals surface area contributed by atoms with E-state index in [2.05, 4.69) is 31.7 Å². The summed E-state index contributed by atoms with van der Waals surface area (Å²) in [6, 6.07) is 0.602. The van der Waals surface area contributed by atoms with Crippen molar-refractivity contribution in [2.45, 2.75) is 31.8 Å². The summed E-state index contributed by atoms with van der Waals surface area (Å²) in [7, 11) is 3.96. The fraction of sp³-hybridized carbons (Fsp3) is 0.714. The maximum atomic E-state index is 12.2. The minimum absolute atomic E-state index is 0.0826. The molecule has 1 saturated heterocycles. The normalized spacial score (nSPS) is 18.4. The maximum Gasteiger partial charge on any atom is 0.283 e. The molecule has 2 N–H and O–H groups in total. The molecule has 0 bridgehead atoms. The Hall–Kier alpha value is -0.920. The predicted molar refractivity (Wildman–Crippen MR) is 88.9 cm³/mol. The number of likely N-dealkylation sites (N-methyl/N-ethyl adjacent to an activating group) is 1. The quantitative estimate of drug-likeness (QED) is 0.765. The fourth-order valence-corrected chi connectivity index (χ4v) is 2.87. The molecule has 1 aromatic heterocycles. The van der Waals surface area contributed by atoms with Gasteiger partial charge < -0.3 is 15.5 Å². The third-order valence-corrected chi connectivity index (χ3v) is 4.48. The van der Waals surface area contributed by atoms with Crippen molar-refractivity contribution in [3.8, 4) is 0 Å². The van der Waals surface area contributed by atoms with Crippen molar-refractivity contribution in [1.82, 2.24) is 20.0 Å². The van der Waals surface area contributed by atoms with E-state index in [-0.39, 0.29) is 5.56 Å². The molecule has 2 rings (SSSR count). The minimum Gasteiger partial charge on any atom is -0.383 e. The van der Waals surface area contributed by atoms with Gasteiger partial charge in [0.15, 0.2) is 0 Å². The van der Waals surface area contributed by atoms with Gasteiger partial charge in [0.2, 0.25) is 0 Å². The summed E-state index contributed by atoms with van der Waals surface area (Å²) in [4.78, 5) is 14.2. The number of rotatable bonds is 7.